The molecular weight excluding hydrogens is 260 g/mol. The van der Waals surface area contributed by atoms with E-state index in [2.05, 4.69) is 17.2 Å². The third-order valence-electron chi connectivity index (χ3n) is 4.01. The molecule has 0 unspecified atom stereocenters. The Morgan fingerprint density at radius 1 is 1.19 bits per heavy atom. The van der Waals surface area contributed by atoms with E-state index in [0.29, 0.717) is 13.0 Å². The Kier molecular flexibility index (Phi) is 6.30. The fourth-order valence-corrected chi connectivity index (χ4v) is 2.82. The first-order valence-electron chi connectivity index (χ1n) is 7.87. The number of nitrogens with two attached hydrogens (primary N) is 1. The van der Waals surface area contributed by atoms with Crippen molar-refractivity contribution < 1.29 is 4.79 Å². The monoisotopic (exact) mass is 284 g/mol. The lowest BCUT2D eigenvalue weighted by Crippen LogP contribution is -2.14. The Labute approximate surface area is 127 Å². The molecule has 0 atom stereocenters. The van der Waals surface area contributed by atoms with E-state index >= 15 is 0 Å². The molecule has 0 saturated heterocycles. The highest BCUT2D eigenvalue weighted by Gasteiger charge is 2.14. The summed E-state index contributed by atoms with van der Waals surface area (Å²) in [6.45, 7) is 0.361. The standard InChI is InChI=1S/C18H24N2O/c19-14-4-7-16-8-11-17(12-9-16)20-18(21)13-10-15-5-2-1-3-6-15/h8-9,11-12,15H,1-3,5-6,10,13-14,19H2,(H,20,21). The van der Waals surface area contributed by atoms with E-state index in [1.54, 1.807) is 0 Å². The molecule has 0 aromatic heterocycles. The van der Waals surface area contributed by atoms with Crippen molar-refractivity contribution in [3.8, 4) is 11.8 Å². The van der Waals surface area contributed by atoms with E-state index in [-0.39, 0.29) is 5.91 Å². The first-order chi connectivity index (χ1) is 10.3. The first-order valence-corrected chi connectivity index (χ1v) is 7.87. The predicted molar refractivity (Wildman–Crippen MR) is 86.8 cm³/mol. The molecule has 0 bridgehead atoms. The summed E-state index contributed by atoms with van der Waals surface area (Å²) in [5.41, 5.74) is 7.09. The second kappa shape index (κ2) is 8.49. The smallest absolute Gasteiger partial charge is 0.224 e. The van der Waals surface area contributed by atoms with Gasteiger partial charge in [0.2, 0.25) is 5.91 Å². The van der Waals surface area contributed by atoms with Gasteiger partial charge in [-0.1, -0.05) is 43.9 Å². The van der Waals surface area contributed by atoms with Crippen molar-refractivity contribution in [1.29, 1.82) is 0 Å². The molecule has 1 aromatic carbocycles. The van der Waals surface area contributed by atoms with Gasteiger partial charge in [-0.05, 0) is 36.6 Å². The Morgan fingerprint density at radius 2 is 1.90 bits per heavy atom. The van der Waals surface area contributed by atoms with E-state index in [0.717, 1.165) is 23.6 Å². The van der Waals surface area contributed by atoms with Gasteiger partial charge in [0.1, 0.15) is 0 Å². The summed E-state index contributed by atoms with van der Waals surface area (Å²) in [5, 5.41) is 2.95. The second-order valence-corrected chi connectivity index (χ2v) is 5.67. The number of nitrogens with one attached hydrogen (secondary N) is 1. The summed E-state index contributed by atoms with van der Waals surface area (Å²) in [6.07, 6.45) is 8.26. The molecule has 1 aliphatic rings. The zero-order valence-corrected chi connectivity index (χ0v) is 12.5. The normalized spacial score (nSPS) is 15.1. The van der Waals surface area contributed by atoms with Crippen LogP contribution in [0.4, 0.5) is 5.69 Å². The molecule has 1 aromatic rings. The van der Waals surface area contributed by atoms with Gasteiger partial charge in [0.05, 0.1) is 6.54 Å². The fraction of sp³-hybridized carbons (Fsp3) is 0.500. The van der Waals surface area contributed by atoms with Crippen molar-refractivity contribution >= 4 is 11.6 Å². The molecule has 0 spiro atoms. The Morgan fingerprint density at radius 3 is 2.57 bits per heavy atom. The van der Waals surface area contributed by atoms with Crippen LogP contribution in [0.1, 0.15) is 50.5 Å². The summed E-state index contributed by atoms with van der Waals surface area (Å²) in [6, 6.07) is 7.58. The van der Waals surface area contributed by atoms with Gasteiger partial charge in [0, 0.05) is 17.7 Å². The number of anilines is 1. The van der Waals surface area contributed by atoms with Gasteiger partial charge >= 0.3 is 0 Å². The van der Waals surface area contributed by atoms with Gasteiger partial charge in [-0.25, -0.2) is 0 Å². The average molecular weight is 284 g/mol. The van der Waals surface area contributed by atoms with Crippen molar-refractivity contribution in [3.63, 3.8) is 0 Å². The van der Waals surface area contributed by atoms with Crippen LogP contribution in [0.3, 0.4) is 0 Å². The second-order valence-electron chi connectivity index (χ2n) is 5.67. The van der Waals surface area contributed by atoms with E-state index in [1.165, 1.54) is 32.1 Å². The van der Waals surface area contributed by atoms with Crippen LogP contribution in [0.5, 0.6) is 0 Å². The zero-order chi connectivity index (χ0) is 14.9. The minimum atomic E-state index is 0.112. The van der Waals surface area contributed by atoms with Gasteiger partial charge in [0.15, 0.2) is 0 Å². The van der Waals surface area contributed by atoms with Crippen LogP contribution in [-0.4, -0.2) is 12.5 Å². The number of hydrogen-bond donors (Lipinski definition) is 2. The molecule has 3 nitrogen and oxygen atoms in total. The summed E-state index contributed by atoms with van der Waals surface area (Å²) in [4.78, 5) is 12.0. The maximum atomic E-state index is 12.0. The van der Waals surface area contributed by atoms with E-state index < -0.39 is 0 Å². The molecular formula is C18H24N2O. The van der Waals surface area contributed by atoms with Gasteiger partial charge in [-0.15, -0.1) is 0 Å². The summed E-state index contributed by atoms with van der Waals surface area (Å²) in [7, 11) is 0. The van der Waals surface area contributed by atoms with Crippen LogP contribution >= 0.6 is 0 Å². The molecule has 0 radical (unpaired) electrons. The number of benzene rings is 1. The van der Waals surface area contributed by atoms with Crippen LogP contribution in [0, 0.1) is 17.8 Å². The van der Waals surface area contributed by atoms with Crippen molar-refractivity contribution in [3.05, 3.63) is 29.8 Å². The third kappa shape index (κ3) is 5.61. The van der Waals surface area contributed by atoms with Crippen LogP contribution in [-0.2, 0) is 4.79 Å². The van der Waals surface area contributed by atoms with Crippen LogP contribution in [0.2, 0.25) is 0 Å². The summed E-state index contributed by atoms with van der Waals surface area (Å²) < 4.78 is 0. The third-order valence-corrected chi connectivity index (χ3v) is 4.01. The number of rotatable bonds is 4. The van der Waals surface area contributed by atoms with Gasteiger partial charge < -0.3 is 11.1 Å². The molecule has 21 heavy (non-hydrogen) atoms. The summed E-state index contributed by atoms with van der Waals surface area (Å²) in [5.74, 6) is 6.64. The largest absolute Gasteiger partial charge is 0.326 e. The molecule has 3 N–H and O–H groups in total. The molecule has 112 valence electrons. The molecule has 0 heterocycles. The first kappa shape index (κ1) is 15.6. The van der Waals surface area contributed by atoms with Crippen LogP contribution in [0.15, 0.2) is 24.3 Å². The zero-order valence-electron chi connectivity index (χ0n) is 12.5. The Bertz CT molecular complexity index is 504. The fourth-order valence-electron chi connectivity index (χ4n) is 2.82. The van der Waals surface area contributed by atoms with Crippen molar-refractivity contribution in [2.75, 3.05) is 11.9 Å². The SMILES string of the molecule is NCC#Cc1ccc(NC(=O)CCC2CCCCC2)cc1. The highest BCUT2D eigenvalue weighted by atomic mass is 16.1. The van der Waals surface area contributed by atoms with Gasteiger partial charge in [0.25, 0.3) is 0 Å². The van der Waals surface area contributed by atoms with E-state index in [9.17, 15) is 4.79 Å². The average Bonchev–Trinajstić information content (AvgIpc) is 2.53. The molecule has 0 aliphatic heterocycles. The minimum absolute atomic E-state index is 0.112. The number of amides is 1. The van der Waals surface area contributed by atoms with Crippen molar-refractivity contribution in [1.82, 2.24) is 0 Å². The quantitative estimate of drug-likeness (QED) is 0.834. The molecule has 3 heteroatoms. The van der Waals surface area contributed by atoms with E-state index in [1.807, 2.05) is 24.3 Å². The molecule has 1 amide bonds. The summed E-state index contributed by atoms with van der Waals surface area (Å²) >= 11 is 0. The lowest BCUT2D eigenvalue weighted by atomic mass is 9.86. The molecule has 2 rings (SSSR count). The molecule has 1 aliphatic carbocycles. The lowest BCUT2D eigenvalue weighted by Gasteiger charge is -2.20. The van der Waals surface area contributed by atoms with Crippen LogP contribution in [0.25, 0.3) is 0 Å². The number of carbonyl (C=O) groups excluding carboxylic acids is 1. The van der Waals surface area contributed by atoms with Crippen molar-refractivity contribution in [2.45, 2.75) is 44.9 Å². The highest BCUT2D eigenvalue weighted by molar-refractivity contribution is 5.90. The lowest BCUT2D eigenvalue weighted by molar-refractivity contribution is -0.116. The minimum Gasteiger partial charge on any atom is -0.326 e. The topological polar surface area (TPSA) is 55.1 Å². The van der Waals surface area contributed by atoms with Gasteiger partial charge in [-0.2, -0.15) is 0 Å². The van der Waals surface area contributed by atoms with Crippen molar-refractivity contribution in [2.24, 2.45) is 11.7 Å². The number of hydrogen-bond acceptors (Lipinski definition) is 2. The molecule has 1 fully saturated rings. The van der Waals surface area contributed by atoms with Gasteiger partial charge in [-0.3, -0.25) is 4.79 Å². The molecule has 1 saturated carbocycles. The number of carbonyl (C=O) groups is 1. The van der Waals surface area contributed by atoms with Crippen LogP contribution < -0.4 is 11.1 Å². The Hall–Kier alpha value is -1.79. The Balaban J connectivity index is 1.76. The highest BCUT2D eigenvalue weighted by Crippen LogP contribution is 2.27. The maximum Gasteiger partial charge on any atom is 0.224 e. The predicted octanol–water partition coefficient (Wildman–Crippen LogP) is 3.30. The maximum absolute atomic E-state index is 12.0. The van der Waals surface area contributed by atoms with E-state index in [4.69, 9.17) is 5.73 Å².